The second-order valence-electron chi connectivity index (χ2n) is 6.86. The summed E-state index contributed by atoms with van der Waals surface area (Å²) in [7, 11) is 0. The molecule has 2 heteroatoms. The first-order chi connectivity index (χ1) is 9.83. The van der Waals surface area contributed by atoms with Gasteiger partial charge in [-0.3, -0.25) is 4.99 Å². The summed E-state index contributed by atoms with van der Waals surface area (Å²) in [5.74, 6) is 3.40. The normalized spacial score (nSPS) is 30.7. The highest BCUT2D eigenvalue weighted by molar-refractivity contribution is 5.79. The van der Waals surface area contributed by atoms with Gasteiger partial charge in [-0.1, -0.05) is 46.0 Å². The third-order valence-corrected chi connectivity index (χ3v) is 5.08. The van der Waals surface area contributed by atoms with Crippen LogP contribution in [0.5, 0.6) is 0 Å². The predicted octanol–water partition coefficient (Wildman–Crippen LogP) is 5.22. The van der Waals surface area contributed by atoms with E-state index < -0.39 is 0 Å². The van der Waals surface area contributed by atoms with Crippen LogP contribution in [0.15, 0.2) is 4.99 Å². The SMILES string of the molecule is CCCCCC1CN=C(C2CCC(CCC)CC2)OC1. The number of hydrogen-bond donors (Lipinski definition) is 0. The summed E-state index contributed by atoms with van der Waals surface area (Å²) in [6, 6.07) is 0. The minimum atomic E-state index is 0.639. The molecule has 0 spiro atoms. The van der Waals surface area contributed by atoms with Crippen LogP contribution < -0.4 is 0 Å². The van der Waals surface area contributed by atoms with Crippen molar-refractivity contribution in [2.75, 3.05) is 13.2 Å². The van der Waals surface area contributed by atoms with E-state index in [0.717, 1.165) is 25.0 Å². The second-order valence-corrected chi connectivity index (χ2v) is 6.86. The lowest BCUT2D eigenvalue weighted by Crippen LogP contribution is -2.30. The number of ether oxygens (including phenoxy) is 1. The molecule has 1 saturated carbocycles. The Kier molecular flexibility index (Phi) is 6.89. The van der Waals surface area contributed by atoms with Crippen LogP contribution in [0.4, 0.5) is 0 Å². The monoisotopic (exact) mass is 279 g/mol. The summed E-state index contributed by atoms with van der Waals surface area (Å²) in [5, 5.41) is 0. The highest BCUT2D eigenvalue weighted by Gasteiger charge is 2.28. The standard InChI is InChI=1S/C18H33NO/c1-3-5-6-8-16-13-19-18(20-14-16)17-11-9-15(7-4-2)10-12-17/h15-17H,3-14H2,1-2H3. The van der Waals surface area contributed by atoms with Gasteiger partial charge in [-0.15, -0.1) is 0 Å². The van der Waals surface area contributed by atoms with Gasteiger partial charge in [0.25, 0.3) is 0 Å². The molecule has 0 aromatic rings. The predicted molar refractivity (Wildman–Crippen MR) is 86.2 cm³/mol. The summed E-state index contributed by atoms with van der Waals surface area (Å²) < 4.78 is 6.01. The van der Waals surface area contributed by atoms with Gasteiger partial charge in [0, 0.05) is 18.4 Å². The molecule has 0 saturated heterocycles. The van der Waals surface area contributed by atoms with E-state index in [1.165, 1.54) is 64.2 Å². The molecule has 0 amide bonds. The van der Waals surface area contributed by atoms with Crippen molar-refractivity contribution >= 4 is 5.90 Å². The average molecular weight is 279 g/mol. The Hall–Kier alpha value is -0.530. The van der Waals surface area contributed by atoms with Crippen LogP contribution in [0.2, 0.25) is 0 Å². The fourth-order valence-corrected chi connectivity index (χ4v) is 3.73. The Morgan fingerprint density at radius 2 is 1.75 bits per heavy atom. The van der Waals surface area contributed by atoms with Gasteiger partial charge in [0.05, 0.1) is 6.61 Å². The number of aliphatic imine (C=N–C) groups is 1. The van der Waals surface area contributed by atoms with E-state index in [-0.39, 0.29) is 0 Å². The molecule has 1 fully saturated rings. The van der Waals surface area contributed by atoms with Gasteiger partial charge in [-0.05, 0) is 38.0 Å². The van der Waals surface area contributed by atoms with Crippen molar-refractivity contribution in [3.8, 4) is 0 Å². The molecule has 0 N–H and O–H groups in total. The van der Waals surface area contributed by atoms with Crippen LogP contribution in [0.1, 0.15) is 78.1 Å². The van der Waals surface area contributed by atoms with E-state index in [2.05, 4.69) is 13.8 Å². The third-order valence-electron chi connectivity index (χ3n) is 5.08. The van der Waals surface area contributed by atoms with Crippen LogP contribution in [-0.2, 0) is 4.74 Å². The van der Waals surface area contributed by atoms with Gasteiger partial charge >= 0.3 is 0 Å². The Balaban J connectivity index is 1.70. The molecule has 2 nitrogen and oxygen atoms in total. The largest absolute Gasteiger partial charge is 0.480 e. The maximum Gasteiger partial charge on any atom is 0.186 e. The van der Waals surface area contributed by atoms with Crippen LogP contribution in [0.3, 0.4) is 0 Å². The third kappa shape index (κ3) is 4.79. The van der Waals surface area contributed by atoms with Gasteiger partial charge in [-0.25, -0.2) is 0 Å². The average Bonchev–Trinajstić information content (AvgIpc) is 2.49. The zero-order valence-electron chi connectivity index (χ0n) is 13.6. The fraction of sp³-hybridized carbons (Fsp3) is 0.944. The molecular weight excluding hydrogens is 246 g/mol. The summed E-state index contributed by atoms with van der Waals surface area (Å²) in [4.78, 5) is 4.78. The van der Waals surface area contributed by atoms with Crippen LogP contribution >= 0.6 is 0 Å². The minimum absolute atomic E-state index is 0.639. The van der Waals surface area contributed by atoms with Gasteiger partial charge in [0.2, 0.25) is 0 Å². The lowest BCUT2D eigenvalue weighted by molar-refractivity contribution is 0.179. The fourth-order valence-electron chi connectivity index (χ4n) is 3.73. The molecule has 0 radical (unpaired) electrons. The van der Waals surface area contributed by atoms with Crippen molar-refractivity contribution in [3.05, 3.63) is 0 Å². The maximum absolute atomic E-state index is 6.01. The Morgan fingerprint density at radius 1 is 0.950 bits per heavy atom. The molecule has 1 aliphatic carbocycles. The van der Waals surface area contributed by atoms with Gasteiger partial charge in [0.1, 0.15) is 0 Å². The van der Waals surface area contributed by atoms with E-state index in [1.54, 1.807) is 0 Å². The molecule has 2 rings (SSSR count). The first kappa shape index (κ1) is 15.9. The van der Waals surface area contributed by atoms with Crippen molar-refractivity contribution in [1.82, 2.24) is 0 Å². The molecule has 1 atom stereocenters. The van der Waals surface area contributed by atoms with Crippen LogP contribution in [-0.4, -0.2) is 19.0 Å². The molecule has 20 heavy (non-hydrogen) atoms. The summed E-state index contributed by atoms with van der Waals surface area (Å²) >= 11 is 0. The number of nitrogens with zero attached hydrogens (tertiary/aromatic N) is 1. The van der Waals surface area contributed by atoms with Crippen LogP contribution in [0, 0.1) is 17.8 Å². The maximum atomic E-state index is 6.01. The summed E-state index contributed by atoms with van der Waals surface area (Å²) in [5.41, 5.74) is 0. The summed E-state index contributed by atoms with van der Waals surface area (Å²) in [6.07, 6.45) is 13.5. The Labute approximate surface area is 125 Å². The number of hydrogen-bond acceptors (Lipinski definition) is 2. The minimum Gasteiger partial charge on any atom is -0.480 e. The quantitative estimate of drug-likeness (QED) is 0.586. The van der Waals surface area contributed by atoms with Gasteiger partial charge in [0.15, 0.2) is 5.90 Å². The lowest BCUT2D eigenvalue weighted by Gasteiger charge is -2.31. The first-order valence-corrected chi connectivity index (χ1v) is 9.00. The molecule has 0 bridgehead atoms. The molecule has 2 aliphatic rings. The van der Waals surface area contributed by atoms with Crippen molar-refractivity contribution in [3.63, 3.8) is 0 Å². The highest BCUT2D eigenvalue weighted by Crippen LogP contribution is 2.33. The Morgan fingerprint density at radius 3 is 2.35 bits per heavy atom. The van der Waals surface area contributed by atoms with E-state index in [4.69, 9.17) is 9.73 Å². The van der Waals surface area contributed by atoms with Crippen molar-refractivity contribution in [2.45, 2.75) is 78.1 Å². The van der Waals surface area contributed by atoms with Crippen molar-refractivity contribution in [2.24, 2.45) is 22.7 Å². The molecule has 1 heterocycles. The van der Waals surface area contributed by atoms with Gasteiger partial charge in [-0.2, -0.15) is 0 Å². The molecule has 116 valence electrons. The number of unbranched alkanes of at least 4 members (excludes halogenated alkanes) is 2. The molecule has 0 aromatic carbocycles. The second kappa shape index (κ2) is 8.69. The van der Waals surface area contributed by atoms with Crippen molar-refractivity contribution < 1.29 is 4.74 Å². The van der Waals surface area contributed by atoms with E-state index >= 15 is 0 Å². The van der Waals surface area contributed by atoms with Gasteiger partial charge < -0.3 is 4.74 Å². The smallest absolute Gasteiger partial charge is 0.186 e. The zero-order chi connectivity index (χ0) is 14.2. The molecular formula is C18H33NO. The van der Waals surface area contributed by atoms with E-state index in [1.807, 2.05) is 0 Å². The zero-order valence-corrected chi connectivity index (χ0v) is 13.6. The van der Waals surface area contributed by atoms with Crippen LogP contribution in [0.25, 0.3) is 0 Å². The molecule has 1 aliphatic heterocycles. The molecule has 0 aromatic heterocycles. The number of rotatable bonds is 7. The van der Waals surface area contributed by atoms with E-state index in [9.17, 15) is 0 Å². The summed E-state index contributed by atoms with van der Waals surface area (Å²) in [6.45, 7) is 6.52. The lowest BCUT2D eigenvalue weighted by atomic mass is 9.80. The first-order valence-electron chi connectivity index (χ1n) is 9.00. The van der Waals surface area contributed by atoms with E-state index in [0.29, 0.717) is 11.8 Å². The topological polar surface area (TPSA) is 21.6 Å². The highest BCUT2D eigenvalue weighted by atomic mass is 16.5. The Bertz CT molecular complexity index is 292. The van der Waals surface area contributed by atoms with Crippen molar-refractivity contribution in [1.29, 1.82) is 0 Å². The molecule has 1 unspecified atom stereocenters.